The Bertz CT molecular complexity index is 524. The molecular formula is C15H20N2O4. The summed E-state index contributed by atoms with van der Waals surface area (Å²) < 4.78 is 10.6. The number of imide groups is 1. The lowest BCUT2D eigenvalue weighted by Crippen LogP contribution is -2.38. The molecule has 0 atom stereocenters. The third-order valence-corrected chi connectivity index (χ3v) is 3.38. The molecule has 0 aliphatic carbocycles. The number of carbonyl (C=O) groups excluding carboxylic acids is 2. The Labute approximate surface area is 124 Å². The van der Waals surface area contributed by atoms with Crippen LogP contribution in [0.4, 0.5) is 5.69 Å². The molecule has 1 heterocycles. The second-order valence-corrected chi connectivity index (χ2v) is 4.71. The maximum atomic E-state index is 12.2. The zero-order chi connectivity index (χ0) is 15.2. The Hall–Kier alpha value is -2.08. The fourth-order valence-corrected chi connectivity index (χ4v) is 2.18. The molecule has 0 aromatic heterocycles. The number of nitrogens with one attached hydrogen (secondary N) is 1. The third kappa shape index (κ3) is 3.72. The van der Waals surface area contributed by atoms with Gasteiger partial charge in [-0.05, 0) is 12.1 Å². The molecular weight excluding hydrogens is 272 g/mol. The van der Waals surface area contributed by atoms with Crippen molar-refractivity contribution in [3.8, 4) is 5.75 Å². The van der Waals surface area contributed by atoms with E-state index in [-0.39, 0.29) is 18.2 Å². The van der Waals surface area contributed by atoms with Crippen molar-refractivity contribution in [1.82, 2.24) is 5.32 Å². The van der Waals surface area contributed by atoms with Crippen LogP contribution in [0.1, 0.15) is 23.7 Å². The normalized spacial score (nSPS) is 14.7. The fraction of sp³-hybridized carbons (Fsp3) is 0.467. The molecule has 21 heavy (non-hydrogen) atoms. The molecule has 1 aromatic rings. The van der Waals surface area contributed by atoms with Crippen LogP contribution in [0.2, 0.25) is 0 Å². The van der Waals surface area contributed by atoms with Crippen LogP contribution in [0.25, 0.3) is 0 Å². The Morgan fingerprint density at radius 3 is 2.67 bits per heavy atom. The zero-order valence-electron chi connectivity index (χ0n) is 12.3. The highest BCUT2D eigenvalue weighted by molar-refractivity contribution is 6.08. The Morgan fingerprint density at radius 1 is 1.33 bits per heavy atom. The van der Waals surface area contributed by atoms with Crippen LogP contribution >= 0.6 is 0 Å². The molecule has 1 aromatic carbocycles. The lowest BCUT2D eigenvalue weighted by molar-refractivity contribution is -0.119. The second-order valence-electron chi connectivity index (χ2n) is 4.71. The van der Waals surface area contributed by atoms with E-state index in [0.717, 1.165) is 5.69 Å². The van der Waals surface area contributed by atoms with Gasteiger partial charge in [0.15, 0.2) is 0 Å². The molecule has 114 valence electrons. The topological polar surface area (TPSA) is 67.9 Å². The van der Waals surface area contributed by atoms with Gasteiger partial charge in [0.05, 0.1) is 31.6 Å². The summed E-state index contributed by atoms with van der Waals surface area (Å²) in [7, 11) is 1.58. The first kappa shape index (κ1) is 15.3. The smallest absolute Gasteiger partial charge is 0.259 e. The molecule has 1 aliphatic heterocycles. The summed E-state index contributed by atoms with van der Waals surface area (Å²) in [5, 5.41) is 2.39. The van der Waals surface area contributed by atoms with Crippen molar-refractivity contribution in [2.45, 2.75) is 13.3 Å². The van der Waals surface area contributed by atoms with Gasteiger partial charge in [0.2, 0.25) is 5.91 Å². The van der Waals surface area contributed by atoms with Gasteiger partial charge in [0.1, 0.15) is 5.75 Å². The molecule has 6 nitrogen and oxygen atoms in total. The number of benzene rings is 1. The summed E-state index contributed by atoms with van der Waals surface area (Å²) in [6.07, 6.45) is 0.273. The van der Waals surface area contributed by atoms with Crippen LogP contribution in [-0.4, -0.2) is 45.2 Å². The molecule has 6 heteroatoms. The van der Waals surface area contributed by atoms with E-state index in [2.05, 4.69) is 10.2 Å². The van der Waals surface area contributed by atoms with Gasteiger partial charge in [-0.15, -0.1) is 0 Å². The minimum Gasteiger partial charge on any atom is -0.497 e. The molecule has 0 unspecified atom stereocenters. The molecule has 0 radical (unpaired) electrons. The van der Waals surface area contributed by atoms with Gasteiger partial charge in [-0.25, -0.2) is 0 Å². The first-order valence-electron chi connectivity index (χ1n) is 7.00. The molecule has 1 fully saturated rings. The maximum Gasteiger partial charge on any atom is 0.259 e. The van der Waals surface area contributed by atoms with E-state index in [1.54, 1.807) is 26.2 Å². The van der Waals surface area contributed by atoms with Crippen LogP contribution < -0.4 is 15.0 Å². The summed E-state index contributed by atoms with van der Waals surface area (Å²) in [6, 6.07) is 5.22. The summed E-state index contributed by atoms with van der Waals surface area (Å²) in [6.45, 7) is 4.35. The molecule has 1 N–H and O–H groups in total. The third-order valence-electron chi connectivity index (χ3n) is 3.38. The summed E-state index contributed by atoms with van der Waals surface area (Å²) >= 11 is 0. The number of anilines is 1. The second kappa shape index (κ2) is 7.08. The molecule has 0 saturated carbocycles. The number of morpholine rings is 1. The molecule has 0 bridgehead atoms. The zero-order valence-corrected chi connectivity index (χ0v) is 12.3. The number of methoxy groups -OCH3 is 1. The summed E-state index contributed by atoms with van der Waals surface area (Å²) in [5.41, 5.74) is 1.23. The quantitative estimate of drug-likeness (QED) is 0.903. The van der Waals surface area contributed by atoms with E-state index in [4.69, 9.17) is 9.47 Å². The number of nitrogens with zero attached hydrogens (tertiary/aromatic N) is 1. The number of rotatable bonds is 4. The first-order valence-corrected chi connectivity index (χ1v) is 7.00. The van der Waals surface area contributed by atoms with Crippen LogP contribution in [0.15, 0.2) is 18.2 Å². The van der Waals surface area contributed by atoms with Crippen molar-refractivity contribution in [2.24, 2.45) is 0 Å². The molecule has 2 amide bonds. The van der Waals surface area contributed by atoms with Gasteiger partial charge in [0.25, 0.3) is 5.91 Å². The van der Waals surface area contributed by atoms with Gasteiger partial charge < -0.3 is 14.4 Å². The van der Waals surface area contributed by atoms with Crippen molar-refractivity contribution in [1.29, 1.82) is 0 Å². The van der Waals surface area contributed by atoms with Crippen LogP contribution in [-0.2, 0) is 9.53 Å². The van der Waals surface area contributed by atoms with E-state index in [1.165, 1.54) is 0 Å². The highest BCUT2D eigenvalue weighted by atomic mass is 16.5. The molecule has 1 saturated heterocycles. The average molecular weight is 292 g/mol. The van der Waals surface area contributed by atoms with E-state index >= 15 is 0 Å². The first-order chi connectivity index (χ1) is 10.2. The van der Waals surface area contributed by atoms with Gasteiger partial charge >= 0.3 is 0 Å². The van der Waals surface area contributed by atoms with Gasteiger partial charge in [0, 0.05) is 25.6 Å². The fourth-order valence-electron chi connectivity index (χ4n) is 2.18. The van der Waals surface area contributed by atoms with Gasteiger partial charge in [-0.1, -0.05) is 6.92 Å². The van der Waals surface area contributed by atoms with Gasteiger partial charge in [-0.2, -0.15) is 0 Å². The predicted octanol–water partition coefficient (Wildman–Crippen LogP) is 1.20. The predicted molar refractivity (Wildman–Crippen MR) is 78.8 cm³/mol. The highest BCUT2D eigenvalue weighted by Crippen LogP contribution is 2.27. The number of amides is 2. The number of hydrogen-bond acceptors (Lipinski definition) is 5. The monoisotopic (exact) mass is 292 g/mol. The lowest BCUT2D eigenvalue weighted by Gasteiger charge is -2.30. The SMILES string of the molecule is CCC(=O)NC(=O)c1ccc(OC)cc1N1CCOCC1. The molecule has 1 aliphatic rings. The largest absolute Gasteiger partial charge is 0.497 e. The Morgan fingerprint density at radius 2 is 2.05 bits per heavy atom. The molecule has 0 spiro atoms. The van der Waals surface area contributed by atoms with Crippen molar-refractivity contribution in [3.05, 3.63) is 23.8 Å². The van der Waals surface area contributed by atoms with Crippen LogP contribution in [0.3, 0.4) is 0 Å². The average Bonchev–Trinajstić information content (AvgIpc) is 2.54. The van der Waals surface area contributed by atoms with Crippen molar-refractivity contribution in [2.75, 3.05) is 38.3 Å². The Kier molecular flexibility index (Phi) is 5.16. The summed E-state index contributed by atoms with van der Waals surface area (Å²) in [5.74, 6) is 0.00426. The standard InChI is InChI=1S/C15H20N2O4/c1-3-14(18)16-15(19)12-5-4-11(20-2)10-13(12)17-6-8-21-9-7-17/h4-5,10H,3,6-9H2,1-2H3,(H,16,18,19). The summed E-state index contributed by atoms with van der Waals surface area (Å²) in [4.78, 5) is 25.7. The number of ether oxygens (including phenoxy) is 2. The highest BCUT2D eigenvalue weighted by Gasteiger charge is 2.20. The maximum absolute atomic E-state index is 12.2. The Balaban J connectivity index is 2.30. The van der Waals surface area contributed by atoms with E-state index in [0.29, 0.717) is 37.6 Å². The number of hydrogen-bond donors (Lipinski definition) is 1. The minimum absolute atomic E-state index is 0.273. The minimum atomic E-state index is -0.383. The van der Waals surface area contributed by atoms with Crippen LogP contribution in [0, 0.1) is 0 Å². The van der Waals surface area contributed by atoms with E-state index in [9.17, 15) is 9.59 Å². The van der Waals surface area contributed by atoms with Gasteiger partial charge in [-0.3, -0.25) is 14.9 Å². The molecule has 2 rings (SSSR count). The van der Waals surface area contributed by atoms with Crippen molar-refractivity contribution >= 4 is 17.5 Å². The van der Waals surface area contributed by atoms with Crippen molar-refractivity contribution < 1.29 is 19.1 Å². The van der Waals surface area contributed by atoms with Crippen molar-refractivity contribution in [3.63, 3.8) is 0 Å². The number of carbonyl (C=O) groups is 2. The van der Waals surface area contributed by atoms with Crippen LogP contribution in [0.5, 0.6) is 5.75 Å². The van der Waals surface area contributed by atoms with E-state index in [1.807, 2.05) is 6.07 Å². The lowest BCUT2D eigenvalue weighted by atomic mass is 10.1. The van der Waals surface area contributed by atoms with E-state index < -0.39 is 0 Å².